The summed E-state index contributed by atoms with van der Waals surface area (Å²) in [7, 11) is 0. The number of nitrogens with zero attached hydrogens (tertiary/aromatic N) is 1. The lowest BCUT2D eigenvalue weighted by Crippen LogP contribution is -2.28. The van der Waals surface area contributed by atoms with E-state index in [0.29, 0.717) is 27.9 Å². The molecule has 41 heavy (non-hydrogen) atoms. The highest BCUT2D eigenvalue weighted by Gasteiger charge is 2.44. The largest absolute Gasteiger partial charge is 0.462 e. The minimum Gasteiger partial charge on any atom is -0.462 e. The Kier molecular flexibility index (Phi) is 8.11. The maximum atomic E-state index is 13.6. The van der Waals surface area contributed by atoms with Gasteiger partial charge in [0.2, 0.25) is 0 Å². The van der Waals surface area contributed by atoms with Crippen LogP contribution in [0.1, 0.15) is 90.0 Å². The predicted octanol–water partition coefficient (Wildman–Crippen LogP) is 8.03. The topological polar surface area (TPSA) is 84.2 Å². The first-order chi connectivity index (χ1) is 18.6. The zero-order valence-corrected chi connectivity index (χ0v) is 27.1. The molecule has 5 heteroatoms. The van der Waals surface area contributed by atoms with Crippen molar-refractivity contribution < 1.29 is 19.1 Å². The number of allylic oxidation sites excluding steroid dienone is 13. The van der Waals surface area contributed by atoms with Crippen LogP contribution in [-0.4, -0.2) is 24.1 Å². The van der Waals surface area contributed by atoms with Crippen molar-refractivity contribution in [3.8, 4) is 6.07 Å². The molecule has 0 atom stereocenters. The number of nitriles is 1. The number of carbonyl (C=O) groups excluding carboxylic acids is 3. The molecule has 0 saturated heterocycles. The van der Waals surface area contributed by atoms with Crippen LogP contribution < -0.4 is 0 Å². The highest BCUT2D eigenvalue weighted by molar-refractivity contribution is 6.14. The minimum atomic E-state index is -0.683. The maximum Gasteiger partial charge on any atom is 0.349 e. The molecule has 0 amide bonds. The SMILES string of the molecule is CCOC(=O)C(C#N)=C1C(=C2C=C(C(C)(C)C)C(=O)C(C(C)(C)C)=C2)C1=C1C=C(C(C)(C)C)C(=O)C(C(C)(C)C)=C1. The summed E-state index contributed by atoms with van der Waals surface area (Å²) in [5.74, 6) is -0.667. The smallest absolute Gasteiger partial charge is 0.349 e. The summed E-state index contributed by atoms with van der Waals surface area (Å²) in [5.41, 5.74) is 4.50. The molecule has 3 aliphatic rings. The van der Waals surface area contributed by atoms with Crippen molar-refractivity contribution in [3.63, 3.8) is 0 Å². The van der Waals surface area contributed by atoms with Crippen molar-refractivity contribution >= 4 is 17.5 Å². The average Bonchev–Trinajstić information content (AvgIpc) is 3.52. The molecule has 0 aliphatic heterocycles. The van der Waals surface area contributed by atoms with Crippen molar-refractivity contribution in [2.45, 2.75) is 90.0 Å². The van der Waals surface area contributed by atoms with Gasteiger partial charge >= 0.3 is 5.97 Å². The molecule has 5 nitrogen and oxygen atoms in total. The van der Waals surface area contributed by atoms with Crippen LogP contribution in [0.2, 0.25) is 0 Å². The van der Waals surface area contributed by atoms with Gasteiger partial charge in [-0.05, 0) is 75.2 Å². The Balaban J connectivity index is 2.56. The number of ketones is 2. The van der Waals surface area contributed by atoms with Crippen LogP contribution in [-0.2, 0) is 19.1 Å². The third kappa shape index (κ3) is 6.22. The number of carbonyl (C=O) groups is 3. The second-order valence-corrected chi connectivity index (χ2v) is 15.1. The molecular weight excluding hydrogens is 510 g/mol. The van der Waals surface area contributed by atoms with Crippen molar-refractivity contribution in [1.29, 1.82) is 5.26 Å². The first-order valence-electron chi connectivity index (χ1n) is 14.3. The number of ether oxygens (including phenoxy) is 1. The Morgan fingerprint density at radius 3 is 1.17 bits per heavy atom. The fraction of sp³-hybridized carbons (Fsp3) is 0.500. The van der Waals surface area contributed by atoms with Gasteiger partial charge in [0.25, 0.3) is 0 Å². The molecule has 0 bridgehead atoms. The Hall–Kier alpha value is -3.52. The highest BCUT2D eigenvalue weighted by atomic mass is 16.5. The van der Waals surface area contributed by atoms with E-state index < -0.39 is 27.6 Å². The minimum absolute atomic E-state index is 0.00808. The van der Waals surface area contributed by atoms with Gasteiger partial charge in [0.1, 0.15) is 11.6 Å². The van der Waals surface area contributed by atoms with Crippen LogP contribution in [0.3, 0.4) is 0 Å². The van der Waals surface area contributed by atoms with Crippen molar-refractivity contribution in [1.82, 2.24) is 0 Å². The van der Waals surface area contributed by atoms with Crippen molar-refractivity contribution in [3.05, 3.63) is 80.0 Å². The predicted molar refractivity (Wildman–Crippen MR) is 163 cm³/mol. The molecule has 0 aromatic rings. The third-order valence-corrected chi connectivity index (χ3v) is 7.52. The fourth-order valence-electron chi connectivity index (χ4n) is 5.20. The second-order valence-electron chi connectivity index (χ2n) is 15.1. The van der Waals surface area contributed by atoms with Crippen LogP contribution in [0.4, 0.5) is 0 Å². The molecule has 1 saturated carbocycles. The van der Waals surface area contributed by atoms with E-state index in [0.717, 1.165) is 22.3 Å². The highest BCUT2D eigenvalue weighted by Crippen LogP contribution is 2.55. The number of esters is 1. The van der Waals surface area contributed by atoms with E-state index >= 15 is 0 Å². The Bertz CT molecular complexity index is 1330. The normalized spacial score (nSPS) is 18.5. The average molecular weight is 556 g/mol. The van der Waals surface area contributed by atoms with Crippen LogP contribution in [0.15, 0.2) is 80.0 Å². The first kappa shape index (κ1) is 32.0. The summed E-state index contributed by atoms with van der Waals surface area (Å²) < 4.78 is 5.27. The van der Waals surface area contributed by atoms with E-state index in [4.69, 9.17) is 4.74 Å². The fourth-order valence-corrected chi connectivity index (χ4v) is 5.20. The summed E-state index contributed by atoms with van der Waals surface area (Å²) in [5, 5.41) is 10.2. The van der Waals surface area contributed by atoms with E-state index in [1.165, 1.54) is 0 Å². The van der Waals surface area contributed by atoms with Crippen LogP contribution in [0.25, 0.3) is 0 Å². The molecule has 0 aromatic carbocycles. The second kappa shape index (κ2) is 10.4. The van der Waals surface area contributed by atoms with Gasteiger partial charge in [0.05, 0.1) is 6.61 Å². The quantitative estimate of drug-likeness (QED) is 0.196. The van der Waals surface area contributed by atoms with Gasteiger partial charge in [-0.3, -0.25) is 9.59 Å². The van der Waals surface area contributed by atoms with E-state index in [9.17, 15) is 19.6 Å². The summed E-state index contributed by atoms with van der Waals surface area (Å²) in [6.45, 7) is 26.0. The van der Waals surface area contributed by atoms with Crippen molar-refractivity contribution in [2.75, 3.05) is 6.61 Å². The van der Waals surface area contributed by atoms with Crippen molar-refractivity contribution in [2.24, 2.45) is 21.7 Å². The molecule has 218 valence electrons. The van der Waals surface area contributed by atoms with Gasteiger partial charge in [-0.15, -0.1) is 0 Å². The molecule has 0 spiro atoms. The van der Waals surface area contributed by atoms with E-state index in [-0.39, 0.29) is 23.7 Å². The van der Waals surface area contributed by atoms with Gasteiger partial charge in [-0.2, -0.15) is 5.26 Å². The molecule has 1 fully saturated rings. The Morgan fingerprint density at radius 1 is 0.659 bits per heavy atom. The molecule has 0 heterocycles. The monoisotopic (exact) mass is 555 g/mol. The first-order valence-corrected chi connectivity index (χ1v) is 14.3. The molecule has 0 aromatic heterocycles. The molecular formula is C36H45NO4. The van der Waals surface area contributed by atoms with E-state index in [1.807, 2.05) is 107 Å². The summed E-state index contributed by atoms with van der Waals surface area (Å²) >= 11 is 0. The zero-order valence-electron chi connectivity index (χ0n) is 27.1. The number of hydrogen-bond acceptors (Lipinski definition) is 5. The number of rotatable bonds is 2. The molecule has 0 N–H and O–H groups in total. The zero-order chi connectivity index (χ0) is 31.5. The lowest BCUT2D eigenvalue weighted by atomic mass is 9.71. The molecule has 3 aliphatic carbocycles. The molecule has 0 unspecified atom stereocenters. The van der Waals surface area contributed by atoms with Gasteiger partial charge in [-0.1, -0.05) is 83.1 Å². The standard InChI is InChI=1S/C36H45NO4/c1-14-41-32(40)22(19-37)29-27(20-15-23(33(2,3)4)30(38)24(16-20)34(5,6)7)28(29)21-17-25(35(8,9)10)31(39)26(18-21)36(11,12)13/h15-18H,14H2,1-13H3. The molecule has 0 radical (unpaired) electrons. The maximum absolute atomic E-state index is 13.6. The summed E-state index contributed by atoms with van der Waals surface area (Å²) in [6.07, 6.45) is 7.60. The lowest BCUT2D eigenvalue weighted by molar-refractivity contribution is -0.138. The van der Waals surface area contributed by atoms with Gasteiger partial charge in [-0.25, -0.2) is 4.79 Å². The van der Waals surface area contributed by atoms with Crippen LogP contribution in [0, 0.1) is 33.0 Å². The van der Waals surface area contributed by atoms with Crippen LogP contribution in [0.5, 0.6) is 0 Å². The van der Waals surface area contributed by atoms with Gasteiger partial charge in [0, 0.05) is 27.9 Å². The van der Waals surface area contributed by atoms with Gasteiger partial charge in [0.15, 0.2) is 11.6 Å². The van der Waals surface area contributed by atoms with E-state index in [1.54, 1.807) is 6.92 Å². The lowest BCUT2D eigenvalue weighted by Gasteiger charge is -2.31. The number of hydrogen-bond donors (Lipinski definition) is 0. The van der Waals surface area contributed by atoms with Gasteiger partial charge < -0.3 is 4.74 Å². The summed E-state index contributed by atoms with van der Waals surface area (Å²) in [6, 6.07) is 2.09. The van der Waals surface area contributed by atoms with E-state index in [2.05, 4.69) is 6.07 Å². The third-order valence-electron chi connectivity index (χ3n) is 7.52. The number of Topliss-reactive ketones (excluding diaryl/α,β-unsaturated/α-hetero) is 2. The van der Waals surface area contributed by atoms with Crippen LogP contribution >= 0.6 is 0 Å². The summed E-state index contributed by atoms with van der Waals surface area (Å²) in [4.78, 5) is 40.3. The Labute approximate surface area is 246 Å². The molecule has 3 rings (SSSR count). The Morgan fingerprint density at radius 2 is 0.951 bits per heavy atom.